The Kier molecular flexibility index (Phi) is 7.37. The van der Waals surface area contributed by atoms with Crippen molar-refractivity contribution in [2.75, 3.05) is 12.8 Å². The number of hydrogen-bond acceptors (Lipinski definition) is 4. The van der Waals surface area contributed by atoms with Crippen LogP contribution in [0.1, 0.15) is 17.2 Å². The molecule has 0 aliphatic carbocycles. The van der Waals surface area contributed by atoms with Gasteiger partial charge in [0.15, 0.2) is 11.0 Å². The summed E-state index contributed by atoms with van der Waals surface area (Å²) < 4.78 is 1.99. The van der Waals surface area contributed by atoms with Crippen molar-refractivity contribution in [3.63, 3.8) is 0 Å². The first-order valence-electron chi connectivity index (χ1n) is 10.8. The van der Waals surface area contributed by atoms with Crippen LogP contribution in [-0.4, -0.2) is 38.4 Å². The molecule has 1 amide bonds. The third-order valence-electron chi connectivity index (χ3n) is 5.40. The van der Waals surface area contributed by atoms with Crippen LogP contribution in [0.4, 0.5) is 0 Å². The first-order chi connectivity index (χ1) is 16.2. The Morgan fingerprint density at radius 1 is 0.939 bits per heavy atom. The van der Waals surface area contributed by atoms with Crippen LogP contribution in [0.3, 0.4) is 0 Å². The zero-order chi connectivity index (χ0) is 23.0. The van der Waals surface area contributed by atoms with E-state index >= 15 is 0 Å². The van der Waals surface area contributed by atoms with E-state index in [-0.39, 0.29) is 17.7 Å². The summed E-state index contributed by atoms with van der Waals surface area (Å²) in [5.41, 5.74) is 3.13. The summed E-state index contributed by atoms with van der Waals surface area (Å²) >= 11 is 1.40. The van der Waals surface area contributed by atoms with Crippen LogP contribution < -0.4 is 0 Å². The number of amides is 1. The molecule has 0 aliphatic heterocycles. The van der Waals surface area contributed by atoms with E-state index in [1.807, 2.05) is 89.3 Å². The number of carbonyl (C=O) groups excluding carboxylic acids is 1. The van der Waals surface area contributed by atoms with Gasteiger partial charge in [0, 0.05) is 19.2 Å². The van der Waals surface area contributed by atoms with E-state index < -0.39 is 0 Å². The molecular weight excluding hydrogens is 428 g/mol. The van der Waals surface area contributed by atoms with Gasteiger partial charge < -0.3 is 4.90 Å². The molecule has 0 fully saturated rings. The van der Waals surface area contributed by atoms with Gasteiger partial charge in [0.25, 0.3) is 0 Å². The Hall–Kier alpha value is -3.64. The molecule has 0 saturated heterocycles. The predicted molar refractivity (Wildman–Crippen MR) is 134 cm³/mol. The highest BCUT2D eigenvalue weighted by molar-refractivity contribution is 7.99. The van der Waals surface area contributed by atoms with Crippen LogP contribution >= 0.6 is 11.8 Å². The number of aromatic nitrogens is 3. The Labute approximate surface area is 198 Å². The number of carbonyl (C=O) groups is 1. The van der Waals surface area contributed by atoms with E-state index in [1.165, 1.54) is 11.8 Å². The minimum atomic E-state index is -0.161. The van der Waals surface area contributed by atoms with Crippen molar-refractivity contribution in [2.24, 2.45) is 0 Å². The third-order valence-corrected chi connectivity index (χ3v) is 6.35. The predicted octanol–water partition coefficient (Wildman–Crippen LogP) is 5.47. The average Bonchev–Trinajstić information content (AvgIpc) is 3.27. The first-order valence-corrected chi connectivity index (χ1v) is 11.8. The smallest absolute Gasteiger partial charge is 0.233 e. The fourth-order valence-corrected chi connectivity index (χ4v) is 4.64. The van der Waals surface area contributed by atoms with E-state index in [0.717, 1.165) is 22.5 Å². The molecule has 0 bridgehead atoms. The monoisotopic (exact) mass is 454 g/mol. The first kappa shape index (κ1) is 22.6. The van der Waals surface area contributed by atoms with E-state index in [4.69, 9.17) is 0 Å². The lowest BCUT2D eigenvalue weighted by Crippen LogP contribution is -2.33. The molecule has 6 heteroatoms. The number of thioether (sulfide) groups is 1. The maximum atomic E-state index is 13.3. The number of hydrogen-bond donors (Lipinski definition) is 0. The molecule has 0 N–H and O–H groups in total. The molecule has 0 unspecified atom stereocenters. The Bertz CT molecular complexity index is 1150. The maximum Gasteiger partial charge on any atom is 0.233 e. The number of allylic oxidation sites excluding steroid dienone is 1. The van der Waals surface area contributed by atoms with Crippen LogP contribution in [0.5, 0.6) is 0 Å². The van der Waals surface area contributed by atoms with Crippen molar-refractivity contribution in [1.29, 1.82) is 0 Å². The molecule has 166 valence electrons. The quantitative estimate of drug-likeness (QED) is 0.249. The molecule has 0 aliphatic rings. The maximum absolute atomic E-state index is 13.3. The molecule has 3 aromatic carbocycles. The van der Waals surface area contributed by atoms with Gasteiger partial charge in [0.1, 0.15) is 0 Å². The molecule has 0 atom stereocenters. The van der Waals surface area contributed by atoms with Crippen LogP contribution in [-0.2, 0) is 11.3 Å². The van der Waals surface area contributed by atoms with Crippen molar-refractivity contribution in [2.45, 2.75) is 17.7 Å². The third kappa shape index (κ3) is 5.23. The van der Waals surface area contributed by atoms with Gasteiger partial charge in [-0.05, 0) is 11.1 Å². The van der Waals surface area contributed by atoms with Gasteiger partial charge >= 0.3 is 0 Å². The van der Waals surface area contributed by atoms with Crippen molar-refractivity contribution >= 4 is 17.7 Å². The second kappa shape index (κ2) is 10.8. The Morgan fingerprint density at radius 3 is 2.03 bits per heavy atom. The lowest BCUT2D eigenvalue weighted by Gasteiger charge is -2.29. The summed E-state index contributed by atoms with van der Waals surface area (Å²) in [5.74, 6) is 1.05. The van der Waals surface area contributed by atoms with Gasteiger partial charge in [0.2, 0.25) is 5.91 Å². The van der Waals surface area contributed by atoms with Gasteiger partial charge in [0.05, 0.1) is 11.8 Å². The summed E-state index contributed by atoms with van der Waals surface area (Å²) in [6, 6.07) is 30.0. The summed E-state index contributed by atoms with van der Waals surface area (Å²) in [6.07, 6.45) is 1.81. The van der Waals surface area contributed by atoms with E-state index in [9.17, 15) is 4.79 Å². The topological polar surface area (TPSA) is 51.0 Å². The summed E-state index contributed by atoms with van der Waals surface area (Å²) in [4.78, 5) is 15.1. The fraction of sp³-hybridized carbons (Fsp3) is 0.148. The molecule has 0 saturated carbocycles. The minimum absolute atomic E-state index is 0.0205. The molecule has 33 heavy (non-hydrogen) atoms. The molecule has 5 nitrogen and oxygen atoms in total. The highest BCUT2D eigenvalue weighted by Crippen LogP contribution is 2.29. The molecular formula is C27H26N4OS. The van der Waals surface area contributed by atoms with Crippen molar-refractivity contribution < 1.29 is 4.79 Å². The summed E-state index contributed by atoms with van der Waals surface area (Å²) in [7, 11) is 1.86. The molecule has 0 radical (unpaired) electrons. The van der Waals surface area contributed by atoms with Gasteiger partial charge in [-0.25, -0.2) is 0 Å². The van der Waals surface area contributed by atoms with Crippen LogP contribution in [0, 0.1) is 0 Å². The number of nitrogens with zero attached hydrogens (tertiary/aromatic N) is 4. The molecule has 1 heterocycles. The van der Waals surface area contributed by atoms with Crippen molar-refractivity contribution in [1.82, 2.24) is 19.7 Å². The van der Waals surface area contributed by atoms with Gasteiger partial charge in [-0.1, -0.05) is 109 Å². The molecule has 4 aromatic rings. The zero-order valence-corrected chi connectivity index (χ0v) is 19.4. The lowest BCUT2D eigenvalue weighted by molar-refractivity contribution is -0.128. The Morgan fingerprint density at radius 2 is 1.48 bits per heavy atom. The van der Waals surface area contributed by atoms with Gasteiger partial charge in [-0.3, -0.25) is 9.36 Å². The Balaban J connectivity index is 1.54. The lowest BCUT2D eigenvalue weighted by atomic mass is 9.97. The zero-order valence-electron chi connectivity index (χ0n) is 18.5. The standard InChI is InChI=1S/C27H26N4OS/c1-3-19-31-26(23-17-11-6-12-18-23)28-29-27(31)33-20-24(32)30(2)25(21-13-7-4-8-14-21)22-15-9-5-10-16-22/h3-18,25H,1,19-20H2,2H3. The second-order valence-electron chi connectivity index (χ2n) is 7.59. The summed E-state index contributed by atoms with van der Waals surface area (Å²) in [6.45, 7) is 4.43. The summed E-state index contributed by atoms with van der Waals surface area (Å²) in [5, 5.41) is 9.44. The molecule has 4 rings (SSSR count). The number of benzene rings is 3. The highest BCUT2D eigenvalue weighted by Gasteiger charge is 2.24. The van der Waals surface area contributed by atoms with E-state index in [1.54, 1.807) is 0 Å². The van der Waals surface area contributed by atoms with Crippen LogP contribution in [0.15, 0.2) is 109 Å². The van der Waals surface area contributed by atoms with Gasteiger partial charge in [-0.2, -0.15) is 0 Å². The highest BCUT2D eigenvalue weighted by atomic mass is 32.2. The minimum Gasteiger partial charge on any atom is -0.334 e. The number of rotatable bonds is 9. The normalized spacial score (nSPS) is 10.8. The van der Waals surface area contributed by atoms with Crippen LogP contribution in [0.2, 0.25) is 0 Å². The van der Waals surface area contributed by atoms with Crippen molar-refractivity contribution in [3.05, 3.63) is 115 Å². The van der Waals surface area contributed by atoms with E-state index in [0.29, 0.717) is 11.7 Å². The SMILES string of the molecule is C=CCn1c(SCC(=O)N(C)C(c2ccccc2)c2ccccc2)nnc1-c1ccccc1. The van der Waals surface area contributed by atoms with Crippen molar-refractivity contribution in [3.8, 4) is 11.4 Å². The average molecular weight is 455 g/mol. The second-order valence-corrected chi connectivity index (χ2v) is 8.53. The molecule has 0 spiro atoms. The van der Waals surface area contributed by atoms with E-state index in [2.05, 4.69) is 41.0 Å². The van der Waals surface area contributed by atoms with Crippen LogP contribution in [0.25, 0.3) is 11.4 Å². The van der Waals surface area contributed by atoms with Gasteiger partial charge in [-0.15, -0.1) is 16.8 Å². The molecule has 1 aromatic heterocycles. The fourth-order valence-electron chi connectivity index (χ4n) is 3.77. The largest absolute Gasteiger partial charge is 0.334 e.